The van der Waals surface area contributed by atoms with Crippen molar-refractivity contribution < 1.29 is 19.4 Å². The van der Waals surface area contributed by atoms with Crippen LogP contribution in [0.4, 0.5) is 0 Å². The molecule has 5 nitrogen and oxygen atoms in total. The highest BCUT2D eigenvalue weighted by molar-refractivity contribution is 5.75. The smallest absolute Gasteiger partial charge is 0.306 e. The minimum Gasteiger partial charge on any atom is -0.481 e. The number of nitrogens with one attached hydrogen (secondary N) is 1. The second kappa shape index (κ2) is 6.12. The molecular formula is C15H25NO4. The first-order valence-corrected chi connectivity index (χ1v) is 7.57. The second-order valence-corrected chi connectivity index (χ2v) is 6.64. The highest BCUT2D eigenvalue weighted by Crippen LogP contribution is 2.49. The molecule has 2 rings (SSSR count). The van der Waals surface area contributed by atoms with Gasteiger partial charge in [-0.2, -0.15) is 0 Å². The molecule has 1 aliphatic carbocycles. The minimum absolute atomic E-state index is 0.0488. The topological polar surface area (TPSA) is 75.6 Å². The van der Waals surface area contributed by atoms with Gasteiger partial charge in [-0.1, -0.05) is 13.8 Å². The summed E-state index contributed by atoms with van der Waals surface area (Å²) < 4.78 is 5.96. The Morgan fingerprint density at radius 2 is 2.10 bits per heavy atom. The summed E-state index contributed by atoms with van der Waals surface area (Å²) in [5, 5.41) is 11.8. The number of hydrogen-bond acceptors (Lipinski definition) is 3. The highest BCUT2D eigenvalue weighted by Gasteiger charge is 2.52. The van der Waals surface area contributed by atoms with Gasteiger partial charge in [-0.15, -0.1) is 0 Å². The van der Waals surface area contributed by atoms with Crippen LogP contribution in [0.1, 0.15) is 52.4 Å². The van der Waals surface area contributed by atoms with Gasteiger partial charge in [0.1, 0.15) is 0 Å². The van der Waals surface area contributed by atoms with Crippen LogP contribution in [0, 0.1) is 11.8 Å². The Balaban J connectivity index is 1.65. The van der Waals surface area contributed by atoms with E-state index >= 15 is 0 Å². The van der Waals surface area contributed by atoms with E-state index < -0.39 is 5.97 Å². The van der Waals surface area contributed by atoms with Gasteiger partial charge >= 0.3 is 5.97 Å². The number of ether oxygens (including phenoxy) is 1. The highest BCUT2D eigenvalue weighted by atomic mass is 16.5. The Bertz CT molecular complexity index is 374. The van der Waals surface area contributed by atoms with E-state index in [1.54, 1.807) is 0 Å². The molecule has 5 heteroatoms. The standard InChI is InChI=1S/C15H25NO4/c1-10(2)3-4-13(17)16-9-12-5-6-15(20-12)7-11(8-15)14(18)19/h10-12H,3-9H2,1-2H3,(H,16,17)(H,18,19). The predicted molar refractivity (Wildman–Crippen MR) is 74.3 cm³/mol. The van der Waals surface area contributed by atoms with E-state index in [0.717, 1.165) is 19.3 Å². The predicted octanol–water partition coefficient (Wildman–Crippen LogP) is 1.95. The zero-order valence-corrected chi connectivity index (χ0v) is 12.4. The van der Waals surface area contributed by atoms with E-state index in [4.69, 9.17) is 9.84 Å². The van der Waals surface area contributed by atoms with E-state index in [1.807, 2.05) is 0 Å². The van der Waals surface area contributed by atoms with Crippen molar-refractivity contribution >= 4 is 11.9 Å². The third-order valence-corrected chi connectivity index (χ3v) is 4.40. The molecule has 1 heterocycles. The number of carboxylic acids is 1. The lowest BCUT2D eigenvalue weighted by atomic mass is 9.69. The fourth-order valence-electron chi connectivity index (χ4n) is 3.09. The first-order chi connectivity index (χ1) is 9.40. The van der Waals surface area contributed by atoms with Crippen molar-refractivity contribution in [3.63, 3.8) is 0 Å². The van der Waals surface area contributed by atoms with Gasteiger partial charge in [-0.05, 0) is 38.0 Å². The average Bonchev–Trinajstić information content (AvgIpc) is 2.76. The Morgan fingerprint density at radius 1 is 1.40 bits per heavy atom. The summed E-state index contributed by atoms with van der Waals surface area (Å²) in [7, 11) is 0. The Morgan fingerprint density at radius 3 is 2.70 bits per heavy atom. The summed E-state index contributed by atoms with van der Waals surface area (Å²) in [5.41, 5.74) is -0.212. The van der Waals surface area contributed by atoms with E-state index in [2.05, 4.69) is 19.2 Å². The number of carbonyl (C=O) groups excluding carboxylic acids is 1. The van der Waals surface area contributed by atoms with Crippen LogP contribution in [0.3, 0.4) is 0 Å². The molecule has 1 saturated heterocycles. The lowest BCUT2D eigenvalue weighted by molar-refractivity contribution is -0.165. The second-order valence-electron chi connectivity index (χ2n) is 6.64. The minimum atomic E-state index is -0.718. The van der Waals surface area contributed by atoms with Crippen molar-refractivity contribution in [2.24, 2.45) is 11.8 Å². The number of aliphatic carboxylic acids is 1. The van der Waals surface area contributed by atoms with Crippen molar-refractivity contribution in [2.45, 2.75) is 64.1 Å². The van der Waals surface area contributed by atoms with Crippen molar-refractivity contribution in [1.82, 2.24) is 5.32 Å². The molecule has 1 aliphatic heterocycles. The molecule has 20 heavy (non-hydrogen) atoms. The molecular weight excluding hydrogens is 258 g/mol. The largest absolute Gasteiger partial charge is 0.481 e. The normalized spacial score (nSPS) is 32.4. The molecule has 0 aromatic carbocycles. The molecule has 114 valence electrons. The molecule has 0 aromatic rings. The van der Waals surface area contributed by atoms with E-state index in [9.17, 15) is 9.59 Å². The van der Waals surface area contributed by atoms with Crippen LogP contribution in [0.2, 0.25) is 0 Å². The summed E-state index contributed by atoms with van der Waals surface area (Å²) in [4.78, 5) is 22.5. The molecule has 2 aliphatic rings. The van der Waals surface area contributed by atoms with Crippen LogP contribution in [-0.4, -0.2) is 35.2 Å². The van der Waals surface area contributed by atoms with Gasteiger partial charge in [-0.3, -0.25) is 9.59 Å². The quantitative estimate of drug-likeness (QED) is 0.781. The third-order valence-electron chi connectivity index (χ3n) is 4.40. The molecule has 1 atom stereocenters. The number of carbonyl (C=O) groups is 2. The van der Waals surface area contributed by atoms with Gasteiger partial charge in [0, 0.05) is 13.0 Å². The molecule has 1 amide bonds. The monoisotopic (exact) mass is 283 g/mol. The number of hydrogen-bond donors (Lipinski definition) is 2. The summed E-state index contributed by atoms with van der Waals surface area (Å²) >= 11 is 0. The lowest BCUT2D eigenvalue weighted by Crippen LogP contribution is -2.47. The Labute approximate surface area is 120 Å². The van der Waals surface area contributed by atoms with E-state index in [1.165, 1.54) is 0 Å². The van der Waals surface area contributed by atoms with E-state index in [0.29, 0.717) is 31.7 Å². The molecule has 0 bridgehead atoms. The number of carboxylic acid groups (broad SMARTS) is 1. The SMILES string of the molecule is CC(C)CCC(=O)NCC1CCC2(CC(C(=O)O)C2)O1. The Kier molecular flexibility index (Phi) is 4.68. The maximum Gasteiger partial charge on any atom is 0.306 e. The van der Waals surface area contributed by atoms with Crippen LogP contribution in [0.15, 0.2) is 0 Å². The molecule has 1 unspecified atom stereocenters. The first kappa shape index (κ1) is 15.3. The van der Waals surface area contributed by atoms with Gasteiger partial charge in [0.2, 0.25) is 5.91 Å². The summed E-state index contributed by atoms with van der Waals surface area (Å²) in [5.74, 6) is -0.339. The maximum atomic E-state index is 11.6. The molecule has 2 fully saturated rings. The van der Waals surface area contributed by atoms with Crippen molar-refractivity contribution in [3.05, 3.63) is 0 Å². The lowest BCUT2D eigenvalue weighted by Gasteiger charge is -2.42. The van der Waals surface area contributed by atoms with Crippen LogP contribution in [0.5, 0.6) is 0 Å². The van der Waals surface area contributed by atoms with Crippen molar-refractivity contribution in [1.29, 1.82) is 0 Å². The Hall–Kier alpha value is -1.10. The molecule has 0 radical (unpaired) electrons. The van der Waals surface area contributed by atoms with E-state index in [-0.39, 0.29) is 23.5 Å². The van der Waals surface area contributed by atoms with Gasteiger partial charge < -0.3 is 15.2 Å². The van der Waals surface area contributed by atoms with Crippen LogP contribution in [0.25, 0.3) is 0 Å². The fourth-order valence-corrected chi connectivity index (χ4v) is 3.09. The third kappa shape index (κ3) is 3.72. The van der Waals surface area contributed by atoms with Crippen molar-refractivity contribution in [2.75, 3.05) is 6.54 Å². The maximum absolute atomic E-state index is 11.6. The molecule has 1 spiro atoms. The van der Waals surface area contributed by atoms with Crippen LogP contribution < -0.4 is 5.32 Å². The van der Waals surface area contributed by atoms with Gasteiger partial charge in [0.05, 0.1) is 17.6 Å². The number of amides is 1. The molecule has 0 aromatic heterocycles. The van der Waals surface area contributed by atoms with Crippen LogP contribution >= 0.6 is 0 Å². The average molecular weight is 283 g/mol. The molecule has 2 N–H and O–H groups in total. The van der Waals surface area contributed by atoms with Crippen molar-refractivity contribution in [3.8, 4) is 0 Å². The van der Waals surface area contributed by atoms with Crippen LogP contribution in [-0.2, 0) is 14.3 Å². The first-order valence-electron chi connectivity index (χ1n) is 7.57. The summed E-state index contributed by atoms with van der Waals surface area (Å²) in [6, 6.07) is 0. The molecule has 1 saturated carbocycles. The zero-order valence-electron chi connectivity index (χ0n) is 12.4. The fraction of sp³-hybridized carbons (Fsp3) is 0.867. The van der Waals surface area contributed by atoms with Gasteiger partial charge in [0.15, 0.2) is 0 Å². The van der Waals surface area contributed by atoms with Gasteiger partial charge in [-0.25, -0.2) is 0 Å². The number of rotatable bonds is 6. The zero-order chi connectivity index (χ0) is 14.8. The van der Waals surface area contributed by atoms with Gasteiger partial charge in [0.25, 0.3) is 0 Å². The summed E-state index contributed by atoms with van der Waals surface area (Å²) in [6.07, 6.45) is 4.60. The summed E-state index contributed by atoms with van der Waals surface area (Å²) in [6.45, 7) is 4.76.